The Hall–Kier alpha value is -1.55. The highest BCUT2D eigenvalue weighted by Crippen LogP contribution is 2.36. The van der Waals surface area contributed by atoms with Crippen LogP contribution in [0.2, 0.25) is 0 Å². The van der Waals surface area contributed by atoms with E-state index < -0.39 is 0 Å². The quantitative estimate of drug-likeness (QED) is 0.833. The van der Waals surface area contributed by atoms with Gasteiger partial charge in [0.15, 0.2) is 0 Å². The number of ether oxygens (including phenoxy) is 1. The fourth-order valence-electron chi connectivity index (χ4n) is 2.79. The zero-order valence-electron chi connectivity index (χ0n) is 10.9. The summed E-state index contributed by atoms with van der Waals surface area (Å²) >= 11 is 0. The third kappa shape index (κ3) is 2.34. The van der Waals surface area contributed by atoms with E-state index in [0.717, 1.165) is 24.3 Å². The van der Waals surface area contributed by atoms with Crippen LogP contribution in [0, 0.1) is 11.3 Å². The Kier molecular flexibility index (Phi) is 3.57. The number of carbonyl (C=O) groups is 1. The summed E-state index contributed by atoms with van der Waals surface area (Å²) in [5, 5.41) is 3.26. The smallest absolute Gasteiger partial charge is 0.222 e. The summed E-state index contributed by atoms with van der Waals surface area (Å²) < 4.78 is 5.36. The average molecular weight is 248 g/mol. The number of para-hydroxylation sites is 1. The lowest BCUT2D eigenvalue weighted by atomic mass is 9.74. The number of methoxy groups -OCH3 is 1. The van der Waals surface area contributed by atoms with E-state index in [4.69, 9.17) is 10.5 Å². The van der Waals surface area contributed by atoms with Crippen molar-refractivity contribution >= 4 is 5.91 Å². The van der Waals surface area contributed by atoms with Crippen molar-refractivity contribution in [3.05, 3.63) is 29.8 Å². The van der Waals surface area contributed by atoms with Crippen molar-refractivity contribution in [2.45, 2.75) is 13.3 Å². The third-order valence-corrected chi connectivity index (χ3v) is 3.85. The Morgan fingerprint density at radius 3 is 2.94 bits per heavy atom. The summed E-state index contributed by atoms with van der Waals surface area (Å²) in [6.07, 6.45) is 0.789. The molecule has 0 aliphatic carbocycles. The van der Waals surface area contributed by atoms with E-state index in [1.165, 1.54) is 0 Å². The standard InChI is InChI=1S/C14H20N2O2/c1-14(9-16-8-11(14)13(15)17)7-10-5-3-4-6-12(10)18-2/h3-6,11,16H,7-9H2,1-2H3,(H2,15,17). The maximum atomic E-state index is 11.5. The average Bonchev–Trinajstić information content (AvgIpc) is 2.72. The van der Waals surface area contributed by atoms with Crippen LogP contribution in [-0.2, 0) is 11.2 Å². The first-order chi connectivity index (χ1) is 8.57. The highest BCUT2D eigenvalue weighted by atomic mass is 16.5. The lowest BCUT2D eigenvalue weighted by molar-refractivity contribution is -0.123. The fraction of sp³-hybridized carbons (Fsp3) is 0.500. The molecule has 2 rings (SSSR count). The first-order valence-corrected chi connectivity index (χ1v) is 6.19. The maximum absolute atomic E-state index is 11.5. The molecule has 1 saturated heterocycles. The van der Waals surface area contributed by atoms with Gasteiger partial charge in [0.25, 0.3) is 0 Å². The van der Waals surface area contributed by atoms with Crippen molar-refractivity contribution in [2.75, 3.05) is 20.2 Å². The minimum absolute atomic E-state index is 0.123. The van der Waals surface area contributed by atoms with Gasteiger partial charge in [-0.2, -0.15) is 0 Å². The minimum Gasteiger partial charge on any atom is -0.496 e. The van der Waals surface area contributed by atoms with Gasteiger partial charge in [0.05, 0.1) is 13.0 Å². The van der Waals surface area contributed by atoms with Crippen LogP contribution in [-0.4, -0.2) is 26.1 Å². The Morgan fingerprint density at radius 2 is 2.28 bits per heavy atom. The molecule has 1 fully saturated rings. The highest BCUT2D eigenvalue weighted by molar-refractivity contribution is 5.78. The van der Waals surface area contributed by atoms with Gasteiger partial charge in [0.1, 0.15) is 5.75 Å². The zero-order chi connectivity index (χ0) is 13.2. The molecule has 2 atom stereocenters. The molecule has 18 heavy (non-hydrogen) atoms. The molecule has 1 aliphatic rings. The highest BCUT2D eigenvalue weighted by Gasteiger charge is 2.42. The monoisotopic (exact) mass is 248 g/mol. The molecule has 1 amide bonds. The molecule has 2 unspecified atom stereocenters. The molecule has 1 aromatic rings. The van der Waals surface area contributed by atoms with Gasteiger partial charge >= 0.3 is 0 Å². The number of nitrogens with one attached hydrogen (secondary N) is 1. The normalized spacial score (nSPS) is 27.1. The molecule has 0 spiro atoms. The molecule has 0 aromatic heterocycles. The topological polar surface area (TPSA) is 64.3 Å². The van der Waals surface area contributed by atoms with Crippen molar-refractivity contribution in [1.82, 2.24) is 5.32 Å². The van der Waals surface area contributed by atoms with Gasteiger partial charge in [-0.25, -0.2) is 0 Å². The van der Waals surface area contributed by atoms with Crippen LogP contribution in [0.1, 0.15) is 12.5 Å². The zero-order valence-corrected chi connectivity index (χ0v) is 10.9. The molecule has 0 saturated carbocycles. The second-order valence-electron chi connectivity index (χ2n) is 5.23. The van der Waals surface area contributed by atoms with Crippen molar-refractivity contribution in [2.24, 2.45) is 17.1 Å². The molecular weight excluding hydrogens is 228 g/mol. The van der Waals surface area contributed by atoms with Crippen molar-refractivity contribution in [3.8, 4) is 5.75 Å². The van der Waals surface area contributed by atoms with E-state index in [2.05, 4.69) is 12.2 Å². The van der Waals surface area contributed by atoms with Crippen LogP contribution >= 0.6 is 0 Å². The Morgan fingerprint density at radius 1 is 1.56 bits per heavy atom. The minimum atomic E-state index is -0.225. The number of hydrogen-bond donors (Lipinski definition) is 2. The predicted molar refractivity (Wildman–Crippen MR) is 70.4 cm³/mol. The number of hydrogen-bond acceptors (Lipinski definition) is 3. The van der Waals surface area contributed by atoms with Crippen LogP contribution < -0.4 is 15.8 Å². The van der Waals surface area contributed by atoms with Crippen LogP contribution in [0.4, 0.5) is 0 Å². The molecular formula is C14H20N2O2. The third-order valence-electron chi connectivity index (χ3n) is 3.85. The molecule has 1 heterocycles. The first-order valence-electron chi connectivity index (χ1n) is 6.19. The van der Waals surface area contributed by atoms with E-state index in [1.54, 1.807) is 7.11 Å². The summed E-state index contributed by atoms with van der Waals surface area (Å²) in [5.74, 6) is 0.522. The van der Waals surface area contributed by atoms with Crippen LogP contribution in [0.25, 0.3) is 0 Å². The van der Waals surface area contributed by atoms with Gasteiger partial charge in [-0.1, -0.05) is 25.1 Å². The van der Waals surface area contributed by atoms with E-state index in [0.29, 0.717) is 6.54 Å². The second-order valence-corrected chi connectivity index (χ2v) is 5.23. The number of amides is 1. The number of benzene rings is 1. The molecule has 4 heteroatoms. The number of primary amides is 1. The first kappa shape index (κ1) is 12.9. The van der Waals surface area contributed by atoms with E-state index in [1.807, 2.05) is 24.3 Å². The Bertz CT molecular complexity index is 447. The lowest BCUT2D eigenvalue weighted by Gasteiger charge is -2.29. The van der Waals surface area contributed by atoms with Gasteiger partial charge in [-0.05, 0) is 23.5 Å². The molecule has 0 bridgehead atoms. The number of rotatable bonds is 4. The van der Waals surface area contributed by atoms with Crippen molar-refractivity contribution in [3.63, 3.8) is 0 Å². The molecule has 1 aromatic carbocycles. The van der Waals surface area contributed by atoms with Crippen LogP contribution in [0.15, 0.2) is 24.3 Å². The van der Waals surface area contributed by atoms with Gasteiger partial charge in [0.2, 0.25) is 5.91 Å². The number of carbonyl (C=O) groups excluding carboxylic acids is 1. The lowest BCUT2D eigenvalue weighted by Crippen LogP contribution is -2.38. The summed E-state index contributed by atoms with van der Waals surface area (Å²) in [4.78, 5) is 11.5. The van der Waals surface area contributed by atoms with Gasteiger partial charge in [-0.15, -0.1) is 0 Å². The summed E-state index contributed by atoms with van der Waals surface area (Å²) in [5.41, 5.74) is 6.47. The van der Waals surface area contributed by atoms with E-state index in [-0.39, 0.29) is 17.2 Å². The van der Waals surface area contributed by atoms with Crippen molar-refractivity contribution < 1.29 is 9.53 Å². The van der Waals surface area contributed by atoms with Gasteiger partial charge < -0.3 is 15.8 Å². The summed E-state index contributed by atoms with van der Waals surface area (Å²) in [6.45, 7) is 3.58. The predicted octanol–water partition coefficient (Wildman–Crippen LogP) is 0.949. The van der Waals surface area contributed by atoms with Crippen LogP contribution in [0.3, 0.4) is 0 Å². The fourth-order valence-corrected chi connectivity index (χ4v) is 2.79. The maximum Gasteiger partial charge on any atom is 0.222 e. The van der Waals surface area contributed by atoms with Crippen molar-refractivity contribution in [1.29, 1.82) is 0 Å². The summed E-state index contributed by atoms with van der Waals surface area (Å²) in [6, 6.07) is 7.92. The number of nitrogens with two attached hydrogens (primary N) is 1. The van der Waals surface area contributed by atoms with Gasteiger partial charge in [-0.3, -0.25) is 4.79 Å². The molecule has 98 valence electrons. The Balaban J connectivity index is 2.24. The van der Waals surface area contributed by atoms with Gasteiger partial charge in [0, 0.05) is 13.1 Å². The molecule has 4 nitrogen and oxygen atoms in total. The Labute approximate surface area is 108 Å². The summed E-state index contributed by atoms with van der Waals surface area (Å²) in [7, 11) is 1.67. The van der Waals surface area contributed by atoms with E-state index in [9.17, 15) is 4.79 Å². The SMILES string of the molecule is COc1ccccc1CC1(C)CNCC1C(N)=O. The molecule has 0 radical (unpaired) electrons. The molecule has 3 N–H and O–H groups in total. The second kappa shape index (κ2) is 4.98. The molecule has 1 aliphatic heterocycles. The largest absolute Gasteiger partial charge is 0.496 e. The van der Waals surface area contributed by atoms with Crippen LogP contribution in [0.5, 0.6) is 5.75 Å². The van der Waals surface area contributed by atoms with E-state index >= 15 is 0 Å².